The van der Waals surface area contributed by atoms with Crippen LogP contribution in [0.3, 0.4) is 0 Å². The Bertz CT molecular complexity index is 980. The zero-order chi connectivity index (χ0) is 21.2. The van der Waals surface area contributed by atoms with Crippen molar-refractivity contribution in [2.75, 3.05) is 5.75 Å². The lowest BCUT2D eigenvalue weighted by molar-refractivity contribution is -0.120. The van der Waals surface area contributed by atoms with Gasteiger partial charge in [-0.15, -0.1) is 0 Å². The highest BCUT2D eigenvalue weighted by Crippen LogP contribution is 2.23. The maximum absolute atomic E-state index is 13.0. The fourth-order valence-corrected chi connectivity index (χ4v) is 5.20. The Morgan fingerprint density at radius 2 is 1.85 bits per heavy atom. The molecule has 0 saturated carbocycles. The lowest BCUT2D eigenvalue weighted by Crippen LogP contribution is -2.63. The van der Waals surface area contributed by atoms with Crippen LogP contribution in [0.1, 0.15) is 51.3 Å². The number of hydrogen-bond donors (Lipinski definition) is 3. The molecule has 0 radical (unpaired) electrons. The molecule has 1 atom stereocenters. The molecule has 2 rings (SSSR count). The number of primary amides is 1. The maximum Gasteiger partial charge on any atom is 0.246 e. The van der Waals surface area contributed by atoms with Gasteiger partial charge in [0.2, 0.25) is 5.91 Å². The van der Waals surface area contributed by atoms with Crippen LogP contribution in [0.5, 0.6) is 0 Å². The molecule has 0 spiro atoms. The van der Waals surface area contributed by atoms with Crippen molar-refractivity contribution in [3.05, 3.63) is 36.0 Å². The van der Waals surface area contributed by atoms with Crippen LogP contribution in [-0.2, 0) is 14.6 Å². The molecule has 1 aromatic heterocycles. The lowest BCUT2D eigenvalue weighted by atomic mass is 9.91. The fraction of sp³-hybridized carbons (Fsp3) is 0.474. The van der Waals surface area contributed by atoms with Crippen LogP contribution < -0.4 is 11.5 Å². The third kappa shape index (κ3) is 4.39. The molecule has 0 saturated heterocycles. The van der Waals surface area contributed by atoms with Crippen LogP contribution in [0, 0.1) is 0 Å². The van der Waals surface area contributed by atoms with E-state index in [0.717, 1.165) is 5.39 Å². The van der Waals surface area contributed by atoms with E-state index < -0.39 is 38.0 Å². The highest BCUT2D eigenvalue weighted by molar-refractivity contribution is 7.92. The number of ketones is 1. The topological polar surface area (TPSA) is 136 Å². The Hall–Kier alpha value is -2.19. The van der Waals surface area contributed by atoms with Crippen LogP contribution in [0.15, 0.2) is 30.5 Å². The smallest absolute Gasteiger partial charge is 0.246 e. The summed E-state index contributed by atoms with van der Waals surface area (Å²) in [5.41, 5.74) is 9.67. The monoisotopic (exact) mass is 394 g/mol. The molecule has 7 nitrogen and oxygen atoms in total. The van der Waals surface area contributed by atoms with E-state index in [1.807, 2.05) is 6.07 Å². The van der Waals surface area contributed by atoms with Gasteiger partial charge < -0.3 is 16.5 Å². The summed E-state index contributed by atoms with van der Waals surface area (Å²) in [4.78, 5) is 28.1. The van der Waals surface area contributed by atoms with Gasteiger partial charge in [-0.25, -0.2) is 8.42 Å². The minimum Gasteiger partial charge on any atom is -0.368 e. The molecule has 1 heterocycles. The van der Waals surface area contributed by atoms with Crippen molar-refractivity contribution in [2.24, 2.45) is 11.5 Å². The molecule has 1 aromatic carbocycles. The first-order chi connectivity index (χ1) is 13.0. The lowest BCUT2D eigenvalue weighted by Gasteiger charge is -2.27. The Morgan fingerprint density at radius 3 is 2.41 bits per heavy atom. The van der Waals surface area contributed by atoms with E-state index >= 15 is 0 Å². The molecule has 0 unspecified atom stereocenters. The van der Waals surface area contributed by atoms with E-state index in [1.54, 1.807) is 26.1 Å². The minimum atomic E-state index is -4.22. The van der Waals surface area contributed by atoms with Gasteiger partial charge in [-0.2, -0.15) is 0 Å². The van der Waals surface area contributed by atoms with Gasteiger partial charge >= 0.3 is 0 Å². The number of sulfone groups is 1. The molecule has 1 amide bonds. The van der Waals surface area contributed by atoms with Crippen molar-refractivity contribution >= 4 is 32.4 Å². The number of Topliss-reactive ketones (excluding diaryl/α,β-unsaturated/α-hetero) is 1. The average molecular weight is 395 g/mol. The summed E-state index contributed by atoms with van der Waals surface area (Å²) in [6, 6.07) is 6.45. The highest BCUT2D eigenvalue weighted by atomic mass is 32.2. The molecule has 5 N–H and O–H groups in total. The molecule has 27 heavy (non-hydrogen) atoms. The van der Waals surface area contributed by atoms with Gasteiger partial charge in [0.1, 0.15) is 0 Å². The molecular weight excluding hydrogens is 366 g/mol. The first-order valence-electron chi connectivity index (χ1n) is 9.44. The standard InChI is InChI=1S/C19H27N3O4S/c1-3-5-15(6-4-2)27(25,26)12-19(21,18(20)24)17(23)14-8-7-13-9-10-22-16(13)11-14/h7-11,15,22H,3-6,12,21H2,1-2H3,(H2,20,24)/t19-/m1/s1/i15D. The van der Waals surface area contributed by atoms with Crippen LogP contribution in [0.25, 0.3) is 10.9 Å². The van der Waals surface area contributed by atoms with Crippen molar-refractivity contribution in [1.29, 1.82) is 0 Å². The van der Waals surface area contributed by atoms with Gasteiger partial charge in [0.05, 0.1) is 11.0 Å². The normalized spacial score (nSPS) is 15.3. The number of aromatic amines is 1. The Balaban J connectivity index is 2.46. The number of amides is 1. The van der Waals surface area contributed by atoms with Gasteiger partial charge in [0.25, 0.3) is 0 Å². The van der Waals surface area contributed by atoms with E-state index in [1.165, 1.54) is 12.1 Å². The number of carbonyl (C=O) groups excluding carboxylic acids is 2. The van der Waals surface area contributed by atoms with Crippen molar-refractivity contribution in [3.8, 4) is 0 Å². The van der Waals surface area contributed by atoms with E-state index in [0.29, 0.717) is 18.4 Å². The van der Waals surface area contributed by atoms with E-state index in [4.69, 9.17) is 12.8 Å². The highest BCUT2D eigenvalue weighted by Gasteiger charge is 2.46. The van der Waals surface area contributed by atoms with E-state index in [2.05, 4.69) is 4.98 Å². The quantitative estimate of drug-likeness (QED) is 0.418. The number of rotatable bonds is 10. The Morgan fingerprint density at radius 1 is 1.22 bits per heavy atom. The molecule has 2 aromatic rings. The second kappa shape index (κ2) is 8.22. The summed E-state index contributed by atoms with van der Waals surface area (Å²) in [5, 5.41) is -0.970. The molecule has 0 aliphatic rings. The second-order valence-corrected chi connectivity index (χ2v) is 8.84. The summed E-state index contributed by atoms with van der Waals surface area (Å²) < 4.78 is 34.5. The predicted molar refractivity (Wildman–Crippen MR) is 106 cm³/mol. The summed E-state index contributed by atoms with van der Waals surface area (Å²) >= 11 is 0. The number of hydrogen-bond acceptors (Lipinski definition) is 5. The van der Waals surface area contributed by atoms with Gasteiger partial charge in [0.15, 0.2) is 21.2 Å². The number of aromatic nitrogens is 1. The summed E-state index contributed by atoms with van der Waals surface area (Å²) in [6.07, 6.45) is 2.79. The molecule has 0 aliphatic heterocycles. The molecular formula is C19H27N3O4S. The molecule has 0 fully saturated rings. The Kier molecular flexibility index (Phi) is 5.96. The summed E-state index contributed by atoms with van der Waals surface area (Å²) in [6.45, 7) is 3.55. The summed E-state index contributed by atoms with van der Waals surface area (Å²) in [5.74, 6) is -3.11. The van der Waals surface area contributed by atoms with Gasteiger partial charge in [-0.05, 0) is 30.4 Å². The average Bonchev–Trinajstić information content (AvgIpc) is 3.08. The third-order valence-electron chi connectivity index (χ3n) is 4.58. The first-order valence-corrected chi connectivity index (χ1v) is 10.6. The Labute approximate surface area is 160 Å². The number of carbonyl (C=O) groups is 2. The summed E-state index contributed by atoms with van der Waals surface area (Å²) in [7, 11) is -4.22. The first kappa shape index (κ1) is 19.6. The predicted octanol–water partition coefficient (Wildman–Crippen LogP) is 1.92. The van der Waals surface area contributed by atoms with Crippen LogP contribution >= 0.6 is 0 Å². The number of H-pyrrole nitrogens is 1. The van der Waals surface area contributed by atoms with Crippen molar-refractivity contribution in [2.45, 2.75) is 50.3 Å². The van der Waals surface area contributed by atoms with Crippen LogP contribution in [0.2, 0.25) is 0 Å². The third-order valence-corrected chi connectivity index (χ3v) is 6.70. The van der Waals surface area contributed by atoms with Crippen molar-refractivity contribution in [1.82, 2.24) is 4.98 Å². The molecule has 8 heteroatoms. The maximum atomic E-state index is 13.0. The number of fused-ring (bicyclic) bond motifs is 1. The molecule has 148 valence electrons. The number of benzene rings is 1. The fourth-order valence-electron chi connectivity index (χ4n) is 3.09. The van der Waals surface area contributed by atoms with E-state index in [-0.39, 0.29) is 18.4 Å². The van der Waals surface area contributed by atoms with Gasteiger partial charge in [-0.1, -0.05) is 38.8 Å². The molecule has 0 aliphatic carbocycles. The number of nitrogens with two attached hydrogens (primary N) is 2. The molecule has 0 bridgehead atoms. The van der Waals surface area contributed by atoms with Gasteiger partial charge in [-0.3, -0.25) is 9.59 Å². The number of nitrogens with one attached hydrogen (secondary N) is 1. The van der Waals surface area contributed by atoms with E-state index in [9.17, 15) is 18.0 Å². The SMILES string of the molecule is [2H]C(CCC)(CCC)S(=O)(=O)C[C@](N)(C(N)=O)C(=O)c1ccc2cc[nH]c2c1. The zero-order valence-electron chi connectivity index (χ0n) is 16.6. The largest absolute Gasteiger partial charge is 0.368 e. The van der Waals surface area contributed by atoms with Crippen molar-refractivity contribution < 1.29 is 19.4 Å². The van der Waals surface area contributed by atoms with Crippen LogP contribution in [0.4, 0.5) is 0 Å². The van der Waals surface area contributed by atoms with Crippen LogP contribution in [-0.4, -0.2) is 41.6 Å². The van der Waals surface area contributed by atoms with Crippen molar-refractivity contribution in [3.63, 3.8) is 0 Å². The zero-order valence-corrected chi connectivity index (χ0v) is 16.4. The second-order valence-electron chi connectivity index (χ2n) is 6.74. The van der Waals surface area contributed by atoms with Gasteiger partial charge in [0, 0.05) is 18.6 Å². The minimum absolute atomic E-state index is 0.0769.